The first-order valence-corrected chi connectivity index (χ1v) is 4.30. The van der Waals surface area contributed by atoms with E-state index in [1.165, 1.54) is 5.56 Å². The summed E-state index contributed by atoms with van der Waals surface area (Å²) in [6.07, 6.45) is 1.88. The molecule has 1 aromatic rings. The van der Waals surface area contributed by atoms with Crippen LogP contribution in [0.2, 0.25) is 0 Å². The summed E-state index contributed by atoms with van der Waals surface area (Å²) < 4.78 is 0. The zero-order valence-electron chi connectivity index (χ0n) is 7.96. The number of nitrogens with two attached hydrogens (primary N) is 1. The molecule has 2 N–H and O–H groups in total. The van der Waals surface area contributed by atoms with Crippen LogP contribution in [-0.2, 0) is 6.54 Å². The Kier molecular flexibility index (Phi) is 2.82. The van der Waals surface area contributed by atoms with Crippen molar-refractivity contribution in [2.45, 2.75) is 33.2 Å². The SMILES string of the molecule is Cc1cc(C(C)C)c(CN)cn1. The monoisotopic (exact) mass is 164 g/mol. The zero-order chi connectivity index (χ0) is 9.14. The molecule has 0 aliphatic carbocycles. The van der Waals surface area contributed by atoms with E-state index < -0.39 is 0 Å². The first-order valence-electron chi connectivity index (χ1n) is 4.30. The van der Waals surface area contributed by atoms with Crippen LogP contribution in [0.3, 0.4) is 0 Å². The lowest BCUT2D eigenvalue weighted by Gasteiger charge is -2.11. The van der Waals surface area contributed by atoms with Gasteiger partial charge >= 0.3 is 0 Å². The van der Waals surface area contributed by atoms with E-state index in [4.69, 9.17) is 5.73 Å². The molecule has 0 fully saturated rings. The van der Waals surface area contributed by atoms with Crippen LogP contribution < -0.4 is 5.73 Å². The quantitative estimate of drug-likeness (QED) is 0.725. The molecule has 66 valence electrons. The lowest BCUT2D eigenvalue weighted by molar-refractivity contribution is 0.829. The van der Waals surface area contributed by atoms with Gasteiger partial charge < -0.3 is 5.73 Å². The van der Waals surface area contributed by atoms with Gasteiger partial charge in [-0.1, -0.05) is 13.8 Å². The van der Waals surface area contributed by atoms with Crippen LogP contribution >= 0.6 is 0 Å². The highest BCUT2D eigenvalue weighted by atomic mass is 14.7. The fourth-order valence-electron chi connectivity index (χ4n) is 1.32. The Hall–Kier alpha value is -0.890. The molecule has 0 amide bonds. The molecule has 0 atom stereocenters. The van der Waals surface area contributed by atoms with Crippen molar-refractivity contribution in [3.05, 3.63) is 29.1 Å². The van der Waals surface area contributed by atoms with E-state index in [1.54, 1.807) is 0 Å². The Balaban J connectivity index is 3.12. The molecule has 1 rings (SSSR count). The summed E-state index contributed by atoms with van der Waals surface area (Å²) in [5.74, 6) is 0.533. The summed E-state index contributed by atoms with van der Waals surface area (Å²) in [7, 11) is 0. The fraction of sp³-hybridized carbons (Fsp3) is 0.500. The van der Waals surface area contributed by atoms with E-state index in [-0.39, 0.29) is 0 Å². The highest BCUT2D eigenvalue weighted by Crippen LogP contribution is 2.18. The van der Waals surface area contributed by atoms with E-state index in [2.05, 4.69) is 24.9 Å². The molecule has 0 aliphatic rings. The second-order valence-electron chi connectivity index (χ2n) is 3.38. The van der Waals surface area contributed by atoms with Crippen LogP contribution in [0.1, 0.15) is 36.6 Å². The van der Waals surface area contributed by atoms with E-state index in [9.17, 15) is 0 Å². The van der Waals surface area contributed by atoms with Gasteiger partial charge in [-0.3, -0.25) is 4.98 Å². The van der Waals surface area contributed by atoms with Crippen LogP contribution in [0.4, 0.5) is 0 Å². The largest absolute Gasteiger partial charge is 0.326 e. The minimum absolute atomic E-state index is 0.533. The van der Waals surface area contributed by atoms with Gasteiger partial charge in [0.15, 0.2) is 0 Å². The van der Waals surface area contributed by atoms with Gasteiger partial charge in [0.1, 0.15) is 0 Å². The Bertz CT molecular complexity index is 267. The number of hydrogen-bond acceptors (Lipinski definition) is 2. The molecule has 1 aromatic heterocycles. The number of pyridine rings is 1. The molecule has 0 bridgehead atoms. The van der Waals surface area contributed by atoms with E-state index in [0.717, 1.165) is 11.3 Å². The molecule has 2 heteroatoms. The third-order valence-corrected chi connectivity index (χ3v) is 2.00. The summed E-state index contributed by atoms with van der Waals surface area (Å²) in [6, 6.07) is 2.12. The molecule has 12 heavy (non-hydrogen) atoms. The molecule has 0 aromatic carbocycles. The number of aryl methyl sites for hydroxylation is 1. The van der Waals surface area contributed by atoms with Crippen LogP contribution in [0.15, 0.2) is 12.3 Å². The lowest BCUT2D eigenvalue weighted by atomic mass is 9.98. The van der Waals surface area contributed by atoms with Crippen molar-refractivity contribution < 1.29 is 0 Å². The zero-order valence-corrected chi connectivity index (χ0v) is 7.96. The maximum Gasteiger partial charge on any atom is 0.0375 e. The highest BCUT2D eigenvalue weighted by molar-refractivity contribution is 5.28. The Morgan fingerprint density at radius 3 is 2.67 bits per heavy atom. The predicted molar refractivity (Wildman–Crippen MR) is 51.0 cm³/mol. The van der Waals surface area contributed by atoms with Gasteiger partial charge in [-0.2, -0.15) is 0 Å². The van der Waals surface area contributed by atoms with Crippen LogP contribution in [-0.4, -0.2) is 4.98 Å². The molecule has 0 spiro atoms. The normalized spacial score (nSPS) is 10.8. The van der Waals surface area contributed by atoms with Gasteiger partial charge in [-0.05, 0) is 30.0 Å². The van der Waals surface area contributed by atoms with E-state index in [0.29, 0.717) is 12.5 Å². The molecular formula is C10H16N2. The Labute approximate surface area is 73.8 Å². The third-order valence-electron chi connectivity index (χ3n) is 2.00. The van der Waals surface area contributed by atoms with Gasteiger partial charge in [-0.15, -0.1) is 0 Å². The van der Waals surface area contributed by atoms with Crippen LogP contribution in [0, 0.1) is 6.92 Å². The molecule has 1 heterocycles. The third kappa shape index (κ3) is 1.83. The molecule has 0 saturated heterocycles. The summed E-state index contributed by atoms with van der Waals surface area (Å²) in [5, 5.41) is 0. The van der Waals surface area contributed by atoms with E-state index in [1.807, 2.05) is 13.1 Å². The van der Waals surface area contributed by atoms with Crippen molar-refractivity contribution in [3.8, 4) is 0 Å². The van der Waals surface area contributed by atoms with Gasteiger partial charge in [0.05, 0.1) is 0 Å². The topological polar surface area (TPSA) is 38.9 Å². The molecule has 0 radical (unpaired) electrons. The number of aromatic nitrogens is 1. The van der Waals surface area contributed by atoms with Crippen LogP contribution in [0.5, 0.6) is 0 Å². The van der Waals surface area contributed by atoms with Crippen molar-refractivity contribution in [2.24, 2.45) is 5.73 Å². The van der Waals surface area contributed by atoms with Gasteiger partial charge in [-0.25, -0.2) is 0 Å². The molecule has 0 aliphatic heterocycles. The van der Waals surface area contributed by atoms with Crippen molar-refractivity contribution in [1.29, 1.82) is 0 Å². The van der Waals surface area contributed by atoms with Crippen molar-refractivity contribution in [3.63, 3.8) is 0 Å². The number of nitrogens with zero attached hydrogens (tertiary/aromatic N) is 1. The predicted octanol–water partition coefficient (Wildman–Crippen LogP) is 1.97. The summed E-state index contributed by atoms with van der Waals surface area (Å²) in [6.45, 7) is 6.94. The van der Waals surface area contributed by atoms with Crippen LogP contribution in [0.25, 0.3) is 0 Å². The van der Waals surface area contributed by atoms with Crippen molar-refractivity contribution in [2.75, 3.05) is 0 Å². The minimum atomic E-state index is 0.533. The Morgan fingerprint density at radius 2 is 2.17 bits per heavy atom. The van der Waals surface area contributed by atoms with Gasteiger partial charge in [0.2, 0.25) is 0 Å². The first kappa shape index (κ1) is 9.20. The maximum atomic E-state index is 5.60. The second kappa shape index (κ2) is 3.68. The second-order valence-corrected chi connectivity index (χ2v) is 3.38. The summed E-state index contributed by atoms with van der Waals surface area (Å²) in [4.78, 5) is 4.21. The molecular weight excluding hydrogens is 148 g/mol. The van der Waals surface area contributed by atoms with Crippen molar-refractivity contribution >= 4 is 0 Å². The fourth-order valence-corrected chi connectivity index (χ4v) is 1.32. The maximum absolute atomic E-state index is 5.60. The lowest BCUT2D eigenvalue weighted by Crippen LogP contribution is -2.04. The van der Waals surface area contributed by atoms with Gasteiger partial charge in [0, 0.05) is 18.4 Å². The highest BCUT2D eigenvalue weighted by Gasteiger charge is 2.05. The van der Waals surface area contributed by atoms with Gasteiger partial charge in [0.25, 0.3) is 0 Å². The first-order chi connectivity index (χ1) is 5.65. The minimum Gasteiger partial charge on any atom is -0.326 e. The average Bonchev–Trinajstić information content (AvgIpc) is 2.04. The molecule has 0 saturated carbocycles. The van der Waals surface area contributed by atoms with Crippen molar-refractivity contribution in [1.82, 2.24) is 4.98 Å². The number of rotatable bonds is 2. The van der Waals surface area contributed by atoms with E-state index >= 15 is 0 Å². The summed E-state index contributed by atoms with van der Waals surface area (Å²) in [5.41, 5.74) is 9.15. The number of hydrogen-bond donors (Lipinski definition) is 1. The molecule has 0 unspecified atom stereocenters. The Morgan fingerprint density at radius 1 is 1.50 bits per heavy atom. The standard InChI is InChI=1S/C10H16N2/c1-7(2)10-4-8(3)12-6-9(10)5-11/h4,6-7H,5,11H2,1-3H3. The smallest absolute Gasteiger partial charge is 0.0375 e. The summed E-state index contributed by atoms with van der Waals surface area (Å²) >= 11 is 0. The molecule has 2 nitrogen and oxygen atoms in total. The average molecular weight is 164 g/mol.